The normalized spacial score (nSPS) is 15.2. The van der Waals surface area contributed by atoms with Gasteiger partial charge in [-0.1, -0.05) is 64.8 Å². The van der Waals surface area contributed by atoms with Crippen LogP contribution in [0.4, 0.5) is 0 Å². The number of nitrogens with one attached hydrogen (secondary N) is 1. The number of hydrogen-bond acceptors (Lipinski definition) is 4. The number of nitrogens with zero attached hydrogens (tertiary/aromatic N) is 1. The zero-order valence-corrected chi connectivity index (χ0v) is 13.8. The lowest BCUT2D eigenvalue weighted by Crippen LogP contribution is -2.18. The number of halogens is 3. The minimum absolute atomic E-state index is 0.227. The van der Waals surface area contributed by atoms with E-state index >= 15 is 0 Å². The minimum atomic E-state index is -0.576. The molecule has 1 aromatic rings. The largest absolute Gasteiger partial charge is 0.371 e. The van der Waals surface area contributed by atoms with Crippen LogP contribution in [-0.4, -0.2) is 11.0 Å². The summed E-state index contributed by atoms with van der Waals surface area (Å²) < 4.78 is -0.327. The van der Waals surface area contributed by atoms with Crippen molar-refractivity contribution in [1.82, 2.24) is 5.32 Å². The number of thioether (sulfide) groups is 1. The highest BCUT2D eigenvalue weighted by atomic mass is 35.5. The van der Waals surface area contributed by atoms with Crippen molar-refractivity contribution < 1.29 is 4.92 Å². The Kier molecular flexibility index (Phi) is 5.81. The third kappa shape index (κ3) is 4.81. The summed E-state index contributed by atoms with van der Waals surface area (Å²) in [6.07, 6.45) is 1.94. The fourth-order valence-corrected chi connectivity index (χ4v) is 2.94. The molecule has 0 spiro atoms. The fraction of sp³-hybridized carbons (Fsp3) is 0.231. The van der Waals surface area contributed by atoms with E-state index in [1.54, 1.807) is 0 Å². The van der Waals surface area contributed by atoms with Crippen molar-refractivity contribution in [1.29, 1.82) is 0 Å². The number of rotatable bonds is 6. The standard InChI is InChI=1S/C13H11Cl3N2O2S/c14-10(12(15)16)11(18(19)20)13(17-8-6-7-8)21-9-4-2-1-3-5-9/h1-5,8,17H,6-7H2. The monoisotopic (exact) mass is 364 g/mol. The van der Waals surface area contributed by atoms with Gasteiger partial charge in [-0.2, -0.15) is 0 Å². The maximum absolute atomic E-state index is 11.3. The molecule has 1 saturated carbocycles. The summed E-state index contributed by atoms with van der Waals surface area (Å²) in [5.41, 5.74) is -0.308. The van der Waals surface area contributed by atoms with Crippen molar-refractivity contribution in [3.63, 3.8) is 0 Å². The Labute approximate surface area is 141 Å². The van der Waals surface area contributed by atoms with E-state index in [0.29, 0.717) is 5.03 Å². The first-order valence-corrected chi connectivity index (χ1v) is 8.03. The van der Waals surface area contributed by atoms with E-state index in [1.165, 1.54) is 11.8 Å². The van der Waals surface area contributed by atoms with Crippen molar-refractivity contribution in [3.8, 4) is 0 Å². The van der Waals surface area contributed by atoms with Gasteiger partial charge in [-0.05, 0) is 25.0 Å². The van der Waals surface area contributed by atoms with Crippen LogP contribution in [0, 0.1) is 10.1 Å². The summed E-state index contributed by atoms with van der Waals surface area (Å²) in [5.74, 6) is 0. The van der Waals surface area contributed by atoms with Crippen molar-refractivity contribution in [2.45, 2.75) is 23.8 Å². The first-order valence-electron chi connectivity index (χ1n) is 6.08. The number of nitro groups is 1. The van der Waals surface area contributed by atoms with Gasteiger partial charge in [-0.25, -0.2) is 0 Å². The van der Waals surface area contributed by atoms with Crippen LogP contribution in [-0.2, 0) is 0 Å². The van der Waals surface area contributed by atoms with Gasteiger partial charge in [0.2, 0.25) is 0 Å². The van der Waals surface area contributed by atoms with Crippen LogP contribution in [0.3, 0.4) is 0 Å². The molecule has 0 amide bonds. The van der Waals surface area contributed by atoms with Crippen molar-refractivity contribution >= 4 is 46.6 Å². The summed E-state index contributed by atoms with van der Waals surface area (Å²) in [5, 5.41) is 14.5. The summed E-state index contributed by atoms with van der Waals surface area (Å²) in [6.45, 7) is 0. The fourth-order valence-electron chi connectivity index (χ4n) is 1.52. The van der Waals surface area contributed by atoms with Crippen LogP contribution in [0.25, 0.3) is 0 Å². The van der Waals surface area contributed by atoms with E-state index in [2.05, 4.69) is 5.32 Å². The Hall–Kier alpha value is -0.880. The van der Waals surface area contributed by atoms with Gasteiger partial charge in [0.1, 0.15) is 4.49 Å². The molecule has 0 heterocycles. The van der Waals surface area contributed by atoms with Gasteiger partial charge in [-0.15, -0.1) is 0 Å². The van der Waals surface area contributed by atoms with Crippen LogP contribution >= 0.6 is 46.6 Å². The topological polar surface area (TPSA) is 55.2 Å². The van der Waals surface area contributed by atoms with E-state index in [4.69, 9.17) is 34.8 Å². The maximum Gasteiger partial charge on any atom is 0.320 e. The van der Waals surface area contributed by atoms with E-state index in [0.717, 1.165) is 17.7 Å². The number of hydrogen-bond donors (Lipinski definition) is 1. The molecule has 1 N–H and O–H groups in total. The first-order chi connectivity index (χ1) is 9.99. The van der Waals surface area contributed by atoms with E-state index < -0.39 is 4.92 Å². The summed E-state index contributed by atoms with van der Waals surface area (Å²) in [6, 6.07) is 9.53. The van der Waals surface area contributed by atoms with Crippen LogP contribution in [0.1, 0.15) is 12.8 Å². The molecule has 4 nitrogen and oxygen atoms in total. The second-order valence-electron chi connectivity index (χ2n) is 4.34. The van der Waals surface area contributed by atoms with Crippen molar-refractivity contribution in [2.24, 2.45) is 0 Å². The molecule has 21 heavy (non-hydrogen) atoms. The molecule has 0 radical (unpaired) electrons. The molecular formula is C13H11Cl3N2O2S. The van der Waals surface area contributed by atoms with E-state index in [1.807, 2.05) is 30.3 Å². The Morgan fingerprint density at radius 3 is 2.33 bits per heavy atom. The molecule has 0 unspecified atom stereocenters. The SMILES string of the molecule is O=[N+]([O-])C(=C(NC1CC1)Sc1ccccc1)C(Cl)=C(Cl)Cl. The lowest BCUT2D eigenvalue weighted by atomic mass is 10.4. The van der Waals surface area contributed by atoms with E-state index in [-0.39, 0.29) is 21.3 Å². The zero-order valence-electron chi connectivity index (χ0n) is 10.7. The summed E-state index contributed by atoms with van der Waals surface area (Å²) in [7, 11) is 0. The molecular weight excluding hydrogens is 355 g/mol. The van der Waals surface area contributed by atoms with Gasteiger partial charge in [0.05, 0.1) is 4.92 Å². The van der Waals surface area contributed by atoms with Gasteiger partial charge < -0.3 is 5.32 Å². The average molecular weight is 366 g/mol. The molecule has 2 rings (SSSR count). The maximum atomic E-state index is 11.3. The van der Waals surface area contributed by atoms with Gasteiger partial charge >= 0.3 is 5.70 Å². The smallest absolute Gasteiger partial charge is 0.320 e. The predicted octanol–water partition coefficient (Wildman–Crippen LogP) is 4.86. The highest BCUT2D eigenvalue weighted by Crippen LogP contribution is 2.36. The quantitative estimate of drug-likeness (QED) is 0.338. The third-order valence-corrected chi connectivity index (χ3v) is 4.61. The van der Waals surface area contributed by atoms with Gasteiger partial charge in [0, 0.05) is 10.9 Å². The summed E-state index contributed by atoms with van der Waals surface area (Å²) >= 11 is 18.3. The van der Waals surface area contributed by atoms with Crippen molar-refractivity contribution in [3.05, 3.63) is 60.7 Å². The molecule has 0 aliphatic heterocycles. The highest BCUT2D eigenvalue weighted by molar-refractivity contribution is 8.03. The summed E-state index contributed by atoms with van der Waals surface area (Å²) in [4.78, 5) is 11.6. The molecule has 1 aliphatic rings. The molecule has 0 aromatic heterocycles. The second-order valence-corrected chi connectivity index (χ2v) is 6.75. The second kappa shape index (κ2) is 7.40. The van der Waals surface area contributed by atoms with Crippen LogP contribution in [0.15, 0.2) is 55.5 Å². The number of allylic oxidation sites excluding steroid dienone is 1. The van der Waals surface area contributed by atoms with E-state index in [9.17, 15) is 10.1 Å². The molecule has 8 heteroatoms. The van der Waals surface area contributed by atoms with Crippen molar-refractivity contribution in [2.75, 3.05) is 0 Å². The van der Waals surface area contributed by atoms with Crippen LogP contribution < -0.4 is 5.32 Å². The van der Waals surface area contributed by atoms with Gasteiger partial charge in [0.25, 0.3) is 0 Å². The molecule has 0 atom stereocenters. The molecule has 0 bridgehead atoms. The highest BCUT2D eigenvalue weighted by Gasteiger charge is 2.30. The Bertz CT molecular complexity index is 597. The van der Waals surface area contributed by atoms with Gasteiger partial charge in [-0.3, -0.25) is 10.1 Å². The molecule has 1 aromatic carbocycles. The average Bonchev–Trinajstić information content (AvgIpc) is 3.23. The lowest BCUT2D eigenvalue weighted by molar-refractivity contribution is -0.420. The predicted molar refractivity (Wildman–Crippen MR) is 87.1 cm³/mol. The van der Waals surface area contributed by atoms with Crippen LogP contribution in [0.5, 0.6) is 0 Å². The van der Waals surface area contributed by atoms with Crippen LogP contribution in [0.2, 0.25) is 0 Å². The third-order valence-electron chi connectivity index (χ3n) is 2.65. The van der Waals surface area contributed by atoms with Gasteiger partial charge in [0.15, 0.2) is 10.1 Å². The Morgan fingerprint density at radius 2 is 1.86 bits per heavy atom. The molecule has 112 valence electrons. The Morgan fingerprint density at radius 1 is 1.24 bits per heavy atom. The minimum Gasteiger partial charge on any atom is -0.371 e. The zero-order chi connectivity index (χ0) is 15.4. The Balaban J connectivity index is 2.41. The molecule has 1 fully saturated rings. The first kappa shape index (κ1) is 16.5. The molecule has 0 saturated heterocycles. The lowest BCUT2D eigenvalue weighted by Gasteiger charge is -2.10. The molecule has 1 aliphatic carbocycles. The number of benzene rings is 1.